The number of benzene rings is 1. The van der Waals surface area contributed by atoms with Crippen molar-refractivity contribution in [3.63, 3.8) is 0 Å². The fourth-order valence-corrected chi connectivity index (χ4v) is 2.20. The Morgan fingerprint density at radius 3 is 1.90 bits per heavy atom. The lowest BCUT2D eigenvalue weighted by molar-refractivity contribution is 0.829. The summed E-state index contributed by atoms with van der Waals surface area (Å²) < 4.78 is 0. The highest BCUT2D eigenvalue weighted by Gasteiger charge is 2.00. The van der Waals surface area contributed by atoms with Gasteiger partial charge in [-0.05, 0) is 56.0 Å². The van der Waals surface area contributed by atoms with Crippen molar-refractivity contribution in [2.75, 3.05) is 13.1 Å². The summed E-state index contributed by atoms with van der Waals surface area (Å²) in [4.78, 5) is 4.53. The van der Waals surface area contributed by atoms with E-state index in [1.807, 2.05) is 6.20 Å². The number of aromatic nitrogens is 1. The van der Waals surface area contributed by atoms with Crippen LogP contribution >= 0.6 is 0 Å². The Hall–Kier alpha value is -1.71. The van der Waals surface area contributed by atoms with Crippen molar-refractivity contribution in [3.8, 4) is 11.3 Å². The summed E-state index contributed by atoms with van der Waals surface area (Å²) in [5, 5.41) is 0. The highest BCUT2D eigenvalue weighted by Crippen LogP contribution is 2.18. The van der Waals surface area contributed by atoms with Crippen molar-refractivity contribution < 1.29 is 0 Å². The number of aryl methyl sites for hydroxylation is 2. The molecule has 1 aromatic heterocycles. The Kier molecular flexibility index (Phi) is 5.71. The van der Waals surface area contributed by atoms with Crippen molar-refractivity contribution in [2.24, 2.45) is 11.5 Å². The zero-order chi connectivity index (χ0) is 14.2. The molecule has 0 radical (unpaired) electrons. The standard InChI is InChI=1S/C17H23N3/c18-11-1-3-14-5-8-16(9-6-14)17-10-7-15(13-20-17)4-2-12-19/h5-10,13H,1-4,11-12,18-19H2. The highest BCUT2D eigenvalue weighted by atomic mass is 14.7. The fraction of sp³-hybridized carbons (Fsp3) is 0.353. The highest BCUT2D eigenvalue weighted by molar-refractivity contribution is 5.59. The maximum atomic E-state index is 5.53. The molecule has 0 saturated heterocycles. The number of nitrogens with two attached hydrogens (primary N) is 2. The van der Waals surface area contributed by atoms with Crippen LogP contribution in [0.4, 0.5) is 0 Å². The molecule has 20 heavy (non-hydrogen) atoms. The lowest BCUT2D eigenvalue weighted by Gasteiger charge is -2.05. The molecule has 0 aliphatic rings. The number of pyridine rings is 1. The first-order valence-corrected chi connectivity index (χ1v) is 7.28. The van der Waals surface area contributed by atoms with Gasteiger partial charge >= 0.3 is 0 Å². The summed E-state index contributed by atoms with van der Waals surface area (Å²) >= 11 is 0. The Bertz CT molecular complexity index is 453. The summed E-state index contributed by atoms with van der Waals surface area (Å²) in [6.07, 6.45) is 6.04. The normalized spacial score (nSPS) is 10.7. The SMILES string of the molecule is NCCCc1ccc(-c2ccc(CCCN)cn2)cc1. The Labute approximate surface area is 121 Å². The summed E-state index contributed by atoms with van der Waals surface area (Å²) in [5.41, 5.74) is 15.8. The summed E-state index contributed by atoms with van der Waals surface area (Å²) in [7, 11) is 0. The van der Waals surface area contributed by atoms with Gasteiger partial charge in [0.2, 0.25) is 0 Å². The molecule has 0 aliphatic carbocycles. The van der Waals surface area contributed by atoms with E-state index in [4.69, 9.17) is 11.5 Å². The first kappa shape index (κ1) is 14.7. The fourth-order valence-electron chi connectivity index (χ4n) is 2.20. The van der Waals surface area contributed by atoms with Gasteiger partial charge in [-0.15, -0.1) is 0 Å². The van der Waals surface area contributed by atoms with Crippen LogP contribution in [0.3, 0.4) is 0 Å². The van der Waals surface area contributed by atoms with E-state index in [2.05, 4.69) is 41.4 Å². The number of hydrogen-bond donors (Lipinski definition) is 2. The third-order valence-electron chi connectivity index (χ3n) is 3.41. The van der Waals surface area contributed by atoms with Gasteiger partial charge in [-0.3, -0.25) is 4.98 Å². The number of nitrogens with zero attached hydrogens (tertiary/aromatic N) is 1. The predicted octanol–water partition coefficient (Wildman–Crippen LogP) is 2.53. The molecule has 0 fully saturated rings. The van der Waals surface area contributed by atoms with Gasteiger partial charge < -0.3 is 11.5 Å². The van der Waals surface area contributed by atoms with E-state index in [1.165, 1.54) is 11.1 Å². The van der Waals surface area contributed by atoms with Gasteiger partial charge in [0.25, 0.3) is 0 Å². The molecule has 4 N–H and O–H groups in total. The molecule has 0 saturated carbocycles. The maximum Gasteiger partial charge on any atom is 0.0702 e. The van der Waals surface area contributed by atoms with Gasteiger partial charge in [0.15, 0.2) is 0 Å². The molecule has 3 heteroatoms. The lowest BCUT2D eigenvalue weighted by atomic mass is 10.0. The minimum Gasteiger partial charge on any atom is -0.330 e. The second kappa shape index (κ2) is 7.78. The molecule has 1 aromatic carbocycles. The minimum absolute atomic E-state index is 0.728. The van der Waals surface area contributed by atoms with Crippen molar-refractivity contribution in [1.82, 2.24) is 4.98 Å². The molecular weight excluding hydrogens is 246 g/mol. The summed E-state index contributed by atoms with van der Waals surface area (Å²) in [6, 6.07) is 12.8. The molecule has 0 aliphatic heterocycles. The number of hydrogen-bond acceptors (Lipinski definition) is 3. The van der Waals surface area contributed by atoms with Crippen LogP contribution in [0.15, 0.2) is 42.6 Å². The largest absolute Gasteiger partial charge is 0.330 e. The van der Waals surface area contributed by atoms with Crippen LogP contribution in [0.2, 0.25) is 0 Å². The average molecular weight is 269 g/mol. The Morgan fingerprint density at radius 1 is 0.750 bits per heavy atom. The molecule has 0 amide bonds. The molecule has 2 rings (SSSR count). The van der Waals surface area contributed by atoms with E-state index >= 15 is 0 Å². The zero-order valence-electron chi connectivity index (χ0n) is 11.9. The molecular formula is C17H23N3. The van der Waals surface area contributed by atoms with Crippen molar-refractivity contribution in [1.29, 1.82) is 0 Å². The monoisotopic (exact) mass is 269 g/mol. The molecule has 0 bridgehead atoms. The van der Waals surface area contributed by atoms with E-state index < -0.39 is 0 Å². The quantitative estimate of drug-likeness (QED) is 0.811. The van der Waals surface area contributed by atoms with Gasteiger partial charge in [0, 0.05) is 11.8 Å². The molecule has 1 heterocycles. The molecule has 3 nitrogen and oxygen atoms in total. The van der Waals surface area contributed by atoms with Crippen molar-refractivity contribution in [3.05, 3.63) is 53.7 Å². The smallest absolute Gasteiger partial charge is 0.0702 e. The summed E-state index contributed by atoms with van der Waals surface area (Å²) in [5.74, 6) is 0. The van der Waals surface area contributed by atoms with Crippen LogP contribution in [-0.2, 0) is 12.8 Å². The van der Waals surface area contributed by atoms with Gasteiger partial charge in [-0.25, -0.2) is 0 Å². The Balaban J connectivity index is 2.03. The topological polar surface area (TPSA) is 64.9 Å². The molecule has 0 unspecified atom stereocenters. The summed E-state index contributed by atoms with van der Waals surface area (Å²) in [6.45, 7) is 1.47. The third-order valence-corrected chi connectivity index (χ3v) is 3.41. The first-order valence-electron chi connectivity index (χ1n) is 7.28. The van der Waals surface area contributed by atoms with Gasteiger partial charge in [0.05, 0.1) is 5.69 Å². The molecule has 2 aromatic rings. The van der Waals surface area contributed by atoms with E-state index in [-0.39, 0.29) is 0 Å². The third kappa shape index (κ3) is 4.15. The van der Waals surface area contributed by atoms with Crippen molar-refractivity contribution in [2.45, 2.75) is 25.7 Å². The zero-order valence-corrected chi connectivity index (χ0v) is 11.9. The van der Waals surface area contributed by atoms with E-state index in [0.717, 1.165) is 50.0 Å². The van der Waals surface area contributed by atoms with Crippen LogP contribution in [-0.4, -0.2) is 18.1 Å². The maximum absolute atomic E-state index is 5.53. The van der Waals surface area contributed by atoms with Crippen LogP contribution in [0.1, 0.15) is 24.0 Å². The minimum atomic E-state index is 0.728. The van der Waals surface area contributed by atoms with Crippen molar-refractivity contribution >= 4 is 0 Å². The van der Waals surface area contributed by atoms with Crippen LogP contribution in [0, 0.1) is 0 Å². The van der Waals surface area contributed by atoms with Crippen LogP contribution in [0.25, 0.3) is 11.3 Å². The second-order valence-electron chi connectivity index (χ2n) is 5.03. The molecule has 106 valence electrons. The lowest BCUT2D eigenvalue weighted by Crippen LogP contribution is -2.00. The average Bonchev–Trinajstić information content (AvgIpc) is 2.52. The first-order chi connectivity index (χ1) is 9.83. The van der Waals surface area contributed by atoms with E-state index in [1.54, 1.807) is 0 Å². The van der Waals surface area contributed by atoms with Gasteiger partial charge in [0.1, 0.15) is 0 Å². The molecule has 0 spiro atoms. The van der Waals surface area contributed by atoms with Gasteiger partial charge in [-0.2, -0.15) is 0 Å². The van der Waals surface area contributed by atoms with E-state index in [0.29, 0.717) is 0 Å². The van der Waals surface area contributed by atoms with Crippen LogP contribution in [0.5, 0.6) is 0 Å². The van der Waals surface area contributed by atoms with E-state index in [9.17, 15) is 0 Å². The Morgan fingerprint density at radius 2 is 1.35 bits per heavy atom. The number of rotatable bonds is 7. The second-order valence-corrected chi connectivity index (χ2v) is 5.03. The molecule has 0 atom stereocenters. The van der Waals surface area contributed by atoms with Gasteiger partial charge in [-0.1, -0.05) is 30.3 Å². The predicted molar refractivity (Wildman–Crippen MR) is 84.4 cm³/mol. The van der Waals surface area contributed by atoms with Crippen LogP contribution < -0.4 is 11.5 Å².